The van der Waals surface area contributed by atoms with Crippen molar-refractivity contribution in [1.29, 1.82) is 0 Å². The van der Waals surface area contributed by atoms with Crippen LogP contribution >= 0.6 is 0 Å². The molecule has 0 heterocycles. The third-order valence-electron chi connectivity index (χ3n) is 1.71. The Morgan fingerprint density at radius 1 is 1.10 bits per heavy atom. The molecule has 0 aromatic heterocycles. The largest absolute Gasteiger partial charge is 0.299 e. The summed E-state index contributed by atoms with van der Waals surface area (Å²) in [5.41, 5.74) is 0. The van der Waals surface area contributed by atoms with Crippen LogP contribution in [0, 0.1) is 5.92 Å². The van der Waals surface area contributed by atoms with Gasteiger partial charge in [0.25, 0.3) is 0 Å². The molecule has 0 atom stereocenters. The van der Waals surface area contributed by atoms with Crippen molar-refractivity contribution in [2.24, 2.45) is 5.92 Å². The van der Waals surface area contributed by atoms with E-state index in [1.165, 1.54) is 0 Å². The second-order valence-corrected chi connectivity index (χ2v) is 2.55. The molecule has 3 nitrogen and oxygen atoms in total. The molecular formula is C7H8O3. The van der Waals surface area contributed by atoms with Crippen LogP contribution in [0.3, 0.4) is 0 Å². The average molecular weight is 140 g/mol. The minimum Gasteiger partial charge on any atom is -0.299 e. The summed E-state index contributed by atoms with van der Waals surface area (Å²) in [7, 11) is 0. The van der Waals surface area contributed by atoms with Gasteiger partial charge in [0.1, 0.15) is 17.3 Å². The molecule has 0 N–H and O–H groups in total. The third kappa shape index (κ3) is 1.12. The summed E-state index contributed by atoms with van der Waals surface area (Å²) >= 11 is 0. The van der Waals surface area contributed by atoms with E-state index in [-0.39, 0.29) is 30.2 Å². The Bertz CT molecular complexity index is 185. The number of Topliss-reactive ketones (excluding diaryl/α,β-unsaturated/α-hetero) is 3. The predicted molar refractivity (Wildman–Crippen MR) is 33.4 cm³/mol. The summed E-state index contributed by atoms with van der Waals surface area (Å²) in [5.74, 6) is -1.26. The first-order valence-corrected chi connectivity index (χ1v) is 3.18. The fourth-order valence-electron chi connectivity index (χ4n) is 0.937. The van der Waals surface area contributed by atoms with Crippen LogP contribution in [0.2, 0.25) is 0 Å². The Kier molecular flexibility index (Phi) is 1.66. The van der Waals surface area contributed by atoms with Crippen molar-refractivity contribution < 1.29 is 14.4 Å². The lowest BCUT2D eigenvalue weighted by atomic mass is 9.87. The first-order chi connectivity index (χ1) is 4.61. The van der Waals surface area contributed by atoms with E-state index in [4.69, 9.17) is 0 Å². The van der Waals surface area contributed by atoms with Gasteiger partial charge in [0, 0.05) is 0 Å². The second kappa shape index (κ2) is 2.33. The highest BCUT2D eigenvalue weighted by Crippen LogP contribution is 2.13. The highest BCUT2D eigenvalue weighted by molar-refractivity contribution is 6.20. The van der Waals surface area contributed by atoms with Gasteiger partial charge in [-0.1, -0.05) is 0 Å². The van der Waals surface area contributed by atoms with E-state index in [9.17, 15) is 14.4 Å². The maximum absolute atomic E-state index is 10.8. The summed E-state index contributed by atoms with van der Waals surface area (Å²) in [4.78, 5) is 32.1. The molecule has 54 valence electrons. The van der Waals surface area contributed by atoms with E-state index < -0.39 is 5.92 Å². The molecule has 1 aliphatic rings. The molecule has 0 unspecified atom stereocenters. The Labute approximate surface area is 58.4 Å². The van der Waals surface area contributed by atoms with E-state index in [1.54, 1.807) is 6.92 Å². The van der Waals surface area contributed by atoms with Crippen LogP contribution in [0.25, 0.3) is 0 Å². The van der Waals surface area contributed by atoms with Crippen molar-refractivity contribution in [3.63, 3.8) is 0 Å². The highest BCUT2D eigenvalue weighted by atomic mass is 16.2. The average Bonchev–Trinajstić information content (AvgIpc) is 1.82. The van der Waals surface area contributed by atoms with Crippen molar-refractivity contribution >= 4 is 17.3 Å². The van der Waals surface area contributed by atoms with Crippen LogP contribution in [0.1, 0.15) is 19.8 Å². The van der Waals surface area contributed by atoms with Crippen LogP contribution in [-0.2, 0) is 14.4 Å². The van der Waals surface area contributed by atoms with Gasteiger partial charge in [-0.25, -0.2) is 0 Å². The molecule has 3 heteroatoms. The lowest BCUT2D eigenvalue weighted by molar-refractivity contribution is -0.140. The number of hydrogen-bond donors (Lipinski definition) is 0. The maximum atomic E-state index is 10.8. The maximum Gasteiger partial charge on any atom is 0.150 e. The number of carbonyl (C=O) groups excluding carboxylic acids is 3. The molecule has 0 aliphatic heterocycles. The van der Waals surface area contributed by atoms with Gasteiger partial charge in [0.15, 0.2) is 0 Å². The van der Waals surface area contributed by atoms with E-state index in [0.29, 0.717) is 0 Å². The third-order valence-corrected chi connectivity index (χ3v) is 1.71. The van der Waals surface area contributed by atoms with Gasteiger partial charge in [-0.3, -0.25) is 14.4 Å². The van der Waals surface area contributed by atoms with Crippen LogP contribution in [0.5, 0.6) is 0 Å². The van der Waals surface area contributed by atoms with E-state index in [0.717, 1.165) is 0 Å². The molecule has 1 fully saturated rings. The predicted octanol–water partition coefficient (Wildman–Crippen LogP) is 0.124. The molecule has 0 spiro atoms. The molecule has 0 saturated heterocycles. The van der Waals surface area contributed by atoms with E-state index >= 15 is 0 Å². The quantitative estimate of drug-likeness (QED) is 0.449. The van der Waals surface area contributed by atoms with Gasteiger partial charge in [0.05, 0.1) is 18.8 Å². The molecule has 1 saturated carbocycles. The Morgan fingerprint density at radius 2 is 1.50 bits per heavy atom. The molecule has 1 rings (SSSR count). The van der Waals surface area contributed by atoms with Gasteiger partial charge in [-0.05, 0) is 6.92 Å². The Balaban J connectivity index is 2.76. The van der Waals surface area contributed by atoms with Gasteiger partial charge in [0.2, 0.25) is 0 Å². The fourth-order valence-corrected chi connectivity index (χ4v) is 0.937. The summed E-state index contributed by atoms with van der Waals surface area (Å²) in [6.07, 6.45) is -0.0974. The first-order valence-electron chi connectivity index (χ1n) is 3.18. The van der Waals surface area contributed by atoms with Crippen LogP contribution in [0.15, 0.2) is 0 Å². The SMILES string of the molecule is CC1C(=O)CC(=O)CC1=O. The topological polar surface area (TPSA) is 51.2 Å². The van der Waals surface area contributed by atoms with Crippen LogP contribution in [0.4, 0.5) is 0 Å². The van der Waals surface area contributed by atoms with Crippen molar-refractivity contribution in [3.05, 3.63) is 0 Å². The van der Waals surface area contributed by atoms with Crippen molar-refractivity contribution in [3.8, 4) is 0 Å². The molecule has 1 aliphatic carbocycles. The minimum absolute atomic E-state index is 0.0487. The first kappa shape index (κ1) is 7.12. The zero-order valence-corrected chi connectivity index (χ0v) is 5.72. The van der Waals surface area contributed by atoms with Crippen LogP contribution < -0.4 is 0 Å². The van der Waals surface area contributed by atoms with E-state index in [2.05, 4.69) is 0 Å². The lowest BCUT2D eigenvalue weighted by Crippen LogP contribution is -2.31. The molecule has 10 heavy (non-hydrogen) atoms. The smallest absolute Gasteiger partial charge is 0.150 e. The molecule has 0 aromatic carbocycles. The monoisotopic (exact) mass is 140 g/mol. The van der Waals surface area contributed by atoms with Crippen molar-refractivity contribution in [2.75, 3.05) is 0 Å². The number of hydrogen-bond acceptors (Lipinski definition) is 3. The summed E-state index contributed by atoms with van der Waals surface area (Å²) < 4.78 is 0. The fraction of sp³-hybridized carbons (Fsp3) is 0.571. The van der Waals surface area contributed by atoms with Gasteiger partial charge in [-0.2, -0.15) is 0 Å². The molecule has 0 amide bonds. The van der Waals surface area contributed by atoms with E-state index in [1.807, 2.05) is 0 Å². The van der Waals surface area contributed by atoms with Gasteiger partial charge >= 0.3 is 0 Å². The second-order valence-electron chi connectivity index (χ2n) is 2.55. The zero-order chi connectivity index (χ0) is 7.72. The lowest BCUT2D eigenvalue weighted by Gasteiger charge is -2.12. The number of rotatable bonds is 0. The summed E-state index contributed by atoms with van der Waals surface area (Å²) in [6, 6.07) is 0. The molecule has 0 radical (unpaired) electrons. The van der Waals surface area contributed by atoms with Gasteiger partial charge < -0.3 is 0 Å². The Hall–Kier alpha value is -0.990. The minimum atomic E-state index is -0.544. The van der Waals surface area contributed by atoms with Crippen molar-refractivity contribution in [2.45, 2.75) is 19.8 Å². The summed E-state index contributed by atoms with van der Waals surface area (Å²) in [6.45, 7) is 1.55. The van der Waals surface area contributed by atoms with Crippen LogP contribution in [-0.4, -0.2) is 17.3 Å². The molecular weight excluding hydrogens is 132 g/mol. The number of ketones is 3. The highest BCUT2D eigenvalue weighted by Gasteiger charge is 2.30. The normalized spacial score (nSPS) is 21.9. The summed E-state index contributed by atoms with van der Waals surface area (Å²) in [5, 5.41) is 0. The zero-order valence-electron chi connectivity index (χ0n) is 5.72. The van der Waals surface area contributed by atoms with Gasteiger partial charge in [-0.15, -0.1) is 0 Å². The Morgan fingerprint density at radius 3 is 1.90 bits per heavy atom. The standard InChI is InChI=1S/C7H8O3/c1-4-6(9)2-5(8)3-7(4)10/h4H,2-3H2,1H3. The molecule has 0 bridgehead atoms. The number of carbonyl (C=O) groups is 3. The molecule has 0 aromatic rings. The van der Waals surface area contributed by atoms with Crippen molar-refractivity contribution in [1.82, 2.24) is 0 Å².